The molecule has 0 radical (unpaired) electrons. The highest BCUT2D eigenvalue weighted by Gasteiger charge is 2.34. The van der Waals surface area contributed by atoms with Crippen molar-refractivity contribution in [2.45, 2.75) is 53.5 Å². The van der Waals surface area contributed by atoms with E-state index in [2.05, 4.69) is 5.10 Å². The number of carbonyl (C=O) groups excluding carboxylic acids is 1. The minimum atomic E-state index is -0.765. The van der Waals surface area contributed by atoms with Crippen molar-refractivity contribution in [2.75, 3.05) is 33.0 Å². The summed E-state index contributed by atoms with van der Waals surface area (Å²) in [5.74, 6) is 0.847. The molecule has 8 nitrogen and oxygen atoms in total. The lowest BCUT2D eigenvalue weighted by Crippen LogP contribution is -2.41. The van der Waals surface area contributed by atoms with E-state index in [1.807, 2.05) is 62.9 Å². The number of benzene rings is 3. The van der Waals surface area contributed by atoms with E-state index in [9.17, 15) is 13.6 Å². The quantitative estimate of drug-likeness (QED) is 0.169. The molecule has 1 aromatic heterocycles. The number of rotatable bonds is 12. The fourth-order valence-electron chi connectivity index (χ4n) is 5.78. The van der Waals surface area contributed by atoms with E-state index in [4.69, 9.17) is 18.9 Å². The number of amides is 1. The van der Waals surface area contributed by atoms with Gasteiger partial charge in [-0.1, -0.05) is 6.07 Å². The van der Waals surface area contributed by atoms with Crippen LogP contribution in [0.1, 0.15) is 66.6 Å². The van der Waals surface area contributed by atoms with Gasteiger partial charge in [-0.05, 0) is 107 Å². The third kappa shape index (κ3) is 6.74. The first-order valence-electron chi connectivity index (χ1n) is 15.4. The van der Waals surface area contributed by atoms with Crippen molar-refractivity contribution in [2.24, 2.45) is 0 Å². The molecule has 10 heteroatoms. The lowest BCUT2D eigenvalue weighted by Gasteiger charge is -2.38. The molecule has 1 unspecified atom stereocenters. The summed E-state index contributed by atoms with van der Waals surface area (Å²) in [6.45, 7) is 11.8. The van der Waals surface area contributed by atoms with Gasteiger partial charge in [0.2, 0.25) is 0 Å². The molecule has 1 atom stereocenters. The second-order valence-electron chi connectivity index (χ2n) is 10.7. The van der Waals surface area contributed by atoms with Gasteiger partial charge in [0.15, 0.2) is 34.5 Å². The normalized spacial score (nSPS) is 14.2. The fraction of sp³-hybridized carbons (Fsp3) is 0.371. The summed E-state index contributed by atoms with van der Waals surface area (Å²) in [5.41, 5.74) is 3.76. The number of ether oxygens (including phenoxy) is 4. The van der Waals surface area contributed by atoms with Gasteiger partial charge < -0.3 is 23.8 Å². The molecule has 0 saturated heterocycles. The van der Waals surface area contributed by atoms with Crippen molar-refractivity contribution >= 4 is 5.91 Å². The number of hydrogen-bond acceptors (Lipinski definition) is 6. The predicted molar refractivity (Wildman–Crippen MR) is 167 cm³/mol. The number of fused-ring (bicyclic) bond motifs is 1. The third-order valence-electron chi connectivity index (χ3n) is 7.70. The molecule has 0 spiro atoms. The van der Waals surface area contributed by atoms with E-state index in [0.29, 0.717) is 74.5 Å². The highest BCUT2D eigenvalue weighted by atomic mass is 19.1. The summed E-state index contributed by atoms with van der Waals surface area (Å²) in [7, 11) is 0. The smallest absolute Gasteiger partial charge is 0.274 e. The number of aryl methyl sites for hydroxylation is 1. The second-order valence-corrected chi connectivity index (χ2v) is 10.7. The first-order chi connectivity index (χ1) is 21.8. The zero-order valence-electron chi connectivity index (χ0n) is 26.4. The minimum absolute atomic E-state index is 0.0659. The maximum Gasteiger partial charge on any atom is 0.274 e. The van der Waals surface area contributed by atoms with E-state index in [0.717, 1.165) is 22.8 Å². The van der Waals surface area contributed by atoms with Crippen molar-refractivity contribution in [1.29, 1.82) is 0 Å². The Morgan fingerprint density at radius 1 is 0.822 bits per heavy atom. The van der Waals surface area contributed by atoms with Crippen LogP contribution in [0, 0.1) is 18.6 Å². The SMILES string of the molecule is CCOc1ccc(CC2c3cc(OCC)c(OCC)cc3CCN2C(=O)c2cc(C)n(-c3ccc(F)cc3F)n2)cc1OCC. The molecule has 0 N–H and O–H groups in total. The van der Waals surface area contributed by atoms with Crippen LogP contribution in [-0.4, -0.2) is 53.6 Å². The van der Waals surface area contributed by atoms with Crippen molar-refractivity contribution in [3.05, 3.63) is 94.3 Å². The topological polar surface area (TPSA) is 75.0 Å². The van der Waals surface area contributed by atoms with E-state index in [1.54, 1.807) is 13.0 Å². The van der Waals surface area contributed by atoms with Gasteiger partial charge in [0, 0.05) is 18.3 Å². The van der Waals surface area contributed by atoms with E-state index >= 15 is 0 Å². The molecular formula is C35H39F2N3O5. The van der Waals surface area contributed by atoms with Gasteiger partial charge in [-0.3, -0.25) is 4.79 Å². The maximum atomic E-state index is 14.7. The zero-order valence-corrected chi connectivity index (χ0v) is 26.4. The minimum Gasteiger partial charge on any atom is -0.490 e. The molecule has 238 valence electrons. The number of halogens is 2. The monoisotopic (exact) mass is 619 g/mol. The Labute approximate surface area is 262 Å². The fourth-order valence-corrected chi connectivity index (χ4v) is 5.78. The molecule has 1 aliphatic heterocycles. The second kappa shape index (κ2) is 14.0. The Bertz CT molecular complexity index is 1670. The van der Waals surface area contributed by atoms with Gasteiger partial charge >= 0.3 is 0 Å². The Morgan fingerprint density at radius 2 is 1.47 bits per heavy atom. The average molecular weight is 620 g/mol. The molecule has 0 saturated carbocycles. The maximum absolute atomic E-state index is 14.7. The van der Waals surface area contributed by atoms with Crippen LogP contribution in [0.25, 0.3) is 5.69 Å². The van der Waals surface area contributed by atoms with Crippen LogP contribution in [0.3, 0.4) is 0 Å². The zero-order chi connectivity index (χ0) is 32.1. The Kier molecular flexibility index (Phi) is 9.90. The summed E-state index contributed by atoms with van der Waals surface area (Å²) in [4.78, 5) is 16.0. The van der Waals surface area contributed by atoms with Gasteiger partial charge in [0.1, 0.15) is 11.5 Å². The van der Waals surface area contributed by atoms with Crippen molar-refractivity contribution in [1.82, 2.24) is 14.7 Å². The van der Waals surface area contributed by atoms with Crippen LogP contribution in [0.4, 0.5) is 8.78 Å². The van der Waals surface area contributed by atoms with Crippen molar-refractivity contribution < 1.29 is 32.5 Å². The lowest BCUT2D eigenvalue weighted by atomic mass is 9.87. The van der Waals surface area contributed by atoms with Gasteiger partial charge in [-0.15, -0.1) is 0 Å². The van der Waals surface area contributed by atoms with E-state index in [1.165, 1.54) is 16.8 Å². The number of nitrogens with zero attached hydrogens (tertiary/aromatic N) is 3. The lowest BCUT2D eigenvalue weighted by molar-refractivity contribution is 0.0652. The van der Waals surface area contributed by atoms with Crippen LogP contribution in [-0.2, 0) is 12.8 Å². The number of aromatic nitrogens is 2. The molecule has 45 heavy (non-hydrogen) atoms. The number of hydrogen-bond donors (Lipinski definition) is 0. The summed E-state index contributed by atoms with van der Waals surface area (Å²) in [6, 6.07) is 14.4. The third-order valence-corrected chi connectivity index (χ3v) is 7.70. The molecule has 5 rings (SSSR count). The molecule has 1 amide bonds. The largest absolute Gasteiger partial charge is 0.490 e. The standard InChI is InChI=1S/C35H39F2N3O5/c1-6-42-31-13-10-23(18-32(31)43-7-2)17-30-26-21-34(45-9-4)33(44-8-3)19-24(26)14-15-39(30)35(41)28-16-22(5)40(38-28)29-12-11-25(36)20-27(29)37/h10-13,16,18-21,30H,6-9,14-15,17H2,1-5H3. The van der Waals surface area contributed by atoms with Crippen molar-refractivity contribution in [3.63, 3.8) is 0 Å². The molecule has 4 aromatic rings. The summed E-state index contributed by atoms with van der Waals surface area (Å²) in [6.07, 6.45) is 1.08. The molecule has 0 fully saturated rings. The molecule has 2 heterocycles. The van der Waals surface area contributed by atoms with Crippen LogP contribution in [0.5, 0.6) is 23.0 Å². The predicted octanol–water partition coefficient (Wildman–Crippen LogP) is 7.04. The molecule has 0 aliphatic carbocycles. The van der Waals surface area contributed by atoms with Gasteiger partial charge in [0.05, 0.1) is 32.5 Å². The van der Waals surface area contributed by atoms with Crippen LogP contribution in [0.2, 0.25) is 0 Å². The first-order valence-corrected chi connectivity index (χ1v) is 15.4. The highest BCUT2D eigenvalue weighted by molar-refractivity contribution is 5.93. The van der Waals surface area contributed by atoms with Gasteiger partial charge in [-0.25, -0.2) is 13.5 Å². The molecule has 1 aliphatic rings. The Hall–Kier alpha value is -4.60. The molecule has 0 bridgehead atoms. The molecule has 3 aromatic carbocycles. The summed E-state index contributed by atoms with van der Waals surface area (Å²) < 4.78 is 53.1. The molecular weight excluding hydrogens is 580 g/mol. The summed E-state index contributed by atoms with van der Waals surface area (Å²) >= 11 is 0. The van der Waals surface area contributed by atoms with Gasteiger partial charge in [0.25, 0.3) is 5.91 Å². The van der Waals surface area contributed by atoms with E-state index in [-0.39, 0.29) is 23.3 Å². The Balaban J connectivity index is 1.57. The van der Waals surface area contributed by atoms with Crippen LogP contribution < -0.4 is 18.9 Å². The first kappa shape index (κ1) is 31.8. The summed E-state index contributed by atoms with van der Waals surface area (Å²) in [5, 5.41) is 4.48. The highest BCUT2D eigenvalue weighted by Crippen LogP contribution is 2.41. The van der Waals surface area contributed by atoms with Crippen molar-refractivity contribution in [3.8, 4) is 28.7 Å². The van der Waals surface area contributed by atoms with Crippen LogP contribution in [0.15, 0.2) is 54.6 Å². The van der Waals surface area contributed by atoms with Gasteiger partial charge in [-0.2, -0.15) is 5.10 Å². The van der Waals surface area contributed by atoms with E-state index < -0.39 is 11.6 Å². The average Bonchev–Trinajstić information content (AvgIpc) is 3.40. The van der Waals surface area contributed by atoms with Crippen LogP contribution >= 0.6 is 0 Å². The Morgan fingerprint density at radius 3 is 2.13 bits per heavy atom. The number of carbonyl (C=O) groups is 1.